The highest BCUT2D eigenvalue weighted by atomic mass is 16.5. The molecule has 0 saturated carbocycles. The molecular formula is C33H35N5O3. The lowest BCUT2D eigenvalue weighted by Crippen LogP contribution is -2.49. The average molecular weight is 550 g/mol. The lowest BCUT2D eigenvalue weighted by molar-refractivity contribution is -0.136. The number of benzene rings is 3. The van der Waals surface area contributed by atoms with Gasteiger partial charge in [-0.25, -0.2) is 4.98 Å². The van der Waals surface area contributed by atoms with Crippen LogP contribution in [0, 0.1) is 18.3 Å². The highest BCUT2D eigenvalue weighted by Gasteiger charge is 2.26. The molecule has 0 radical (unpaired) electrons. The number of nitriles is 1. The van der Waals surface area contributed by atoms with E-state index >= 15 is 0 Å². The number of nitrogens with zero attached hydrogens (tertiary/aromatic N) is 5. The molecule has 0 spiro atoms. The summed E-state index contributed by atoms with van der Waals surface area (Å²) >= 11 is 0. The minimum absolute atomic E-state index is 0.0973. The maximum Gasteiger partial charge on any atom is 0.237 e. The second-order valence-electron chi connectivity index (χ2n) is 10.0. The van der Waals surface area contributed by atoms with Crippen LogP contribution in [0.3, 0.4) is 0 Å². The lowest BCUT2D eigenvalue weighted by Gasteiger charge is -2.35. The van der Waals surface area contributed by atoms with E-state index in [2.05, 4.69) is 20.5 Å². The number of hydrogen-bond donors (Lipinski definition) is 0. The Balaban J connectivity index is 0.00000165. The van der Waals surface area contributed by atoms with E-state index in [-0.39, 0.29) is 5.91 Å². The molecule has 1 unspecified atom stereocenters. The Hall–Kier alpha value is -4.61. The maximum absolute atomic E-state index is 13.3. The van der Waals surface area contributed by atoms with Gasteiger partial charge >= 0.3 is 0 Å². The first-order chi connectivity index (χ1) is 20.0. The standard InChI is InChI=1S/C31H29N5O3.C2H6/c1-21-33-16-26-19-34-11-12-35(31(37)20-34)18-25-14-28(9-10-29(25)23-5-7-27(38-2)8-6-23)39-30-13-22(17-36(21)26)3-4-24(30)15-32;1-2/h3-10,13-14,16H,11-12,17-20H2,1-2H3;1-2H3. The van der Waals surface area contributed by atoms with Crippen LogP contribution in [0.15, 0.2) is 66.9 Å². The smallest absolute Gasteiger partial charge is 0.237 e. The Morgan fingerprint density at radius 2 is 1.76 bits per heavy atom. The van der Waals surface area contributed by atoms with Gasteiger partial charge in [-0.3, -0.25) is 9.69 Å². The SMILES string of the molecule is CC.COc1ccc(-c2ccc3cc2CN2CCN(CC2=O)Cc2cnc(C)n2Cc2ccc(C#N)c(c2)O3)cc1. The van der Waals surface area contributed by atoms with Crippen LogP contribution in [-0.4, -0.2) is 52.0 Å². The topological polar surface area (TPSA) is 83.6 Å². The van der Waals surface area contributed by atoms with E-state index in [9.17, 15) is 10.1 Å². The number of piperazine rings is 1. The van der Waals surface area contributed by atoms with E-state index in [1.54, 1.807) is 7.11 Å². The van der Waals surface area contributed by atoms with Gasteiger partial charge in [-0.05, 0) is 65.6 Å². The quantitative estimate of drug-likeness (QED) is 0.316. The highest BCUT2D eigenvalue weighted by Crippen LogP contribution is 2.34. The zero-order chi connectivity index (χ0) is 28.9. The van der Waals surface area contributed by atoms with E-state index in [0.29, 0.717) is 49.8 Å². The van der Waals surface area contributed by atoms with Gasteiger partial charge in [-0.2, -0.15) is 5.26 Å². The number of carbonyl (C=O) groups excluding carboxylic acids is 1. The van der Waals surface area contributed by atoms with Crippen molar-refractivity contribution in [1.29, 1.82) is 5.26 Å². The second-order valence-corrected chi connectivity index (χ2v) is 10.0. The highest BCUT2D eigenvalue weighted by molar-refractivity contribution is 5.79. The monoisotopic (exact) mass is 549 g/mol. The van der Waals surface area contributed by atoms with E-state index < -0.39 is 0 Å². The van der Waals surface area contributed by atoms with Gasteiger partial charge in [-0.1, -0.05) is 38.1 Å². The lowest BCUT2D eigenvalue weighted by atomic mass is 9.98. The summed E-state index contributed by atoms with van der Waals surface area (Å²) in [6, 6.07) is 21.8. The number of aryl methyl sites for hydroxylation is 1. The van der Waals surface area contributed by atoms with Crippen LogP contribution in [0.1, 0.15) is 42.1 Å². The predicted molar refractivity (Wildman–Crippen MR) is 158 cm³/mol. The molecule has 6 bridgehead atoms. The Labute approximate surface area is 241 Å². The number of carbonyl (C=O) groups is 1. The van der Waals surface area contributed by atoms with Gasteiger partial charge in [0.25, 0.3) is 0 Å². The van der Waals surface area contributed by atoms with Gasteiger partial charge in [0.1, 0.15) is 29.1 Å². The summed E-state index contributed by atoms with van der Waals surface area (Å²) in [6.07, 6.45) is 1.89. The first-order valence-electron chi connectivity index (χ1n) is 14.0. The predicted octanol–water partition coefficient (Wildman–Crippen LogP) is 5.76. The minimum Gasteiger partial charge on any atom is -0.497 e. The van der Waals surface area contributed by atoms with Crippen LogP contribution in [0.25, 0.3) is 11.1 Å². The first kappa shape index (κ1) is 27.9. The summed E-state index contributed by atoms with van der Waals surface area (Å²) in [5.41, 5.74) is 5.56. The molecule has 3 aliphatic rings. The number of rotatable bonds is 2. The number of amides is 1. The second kappa shape index (κ2) is 12.3. The number of imidazole rings is 1. The van der Waals surface area contributed by atoms with Crippen molar-refractivity contribution in [3.63, 3.8) is 0 Å². The molecule has 4 aromatic rings. The number of aromatic nitrogens is 2. The van der Waals surface area contributed by atoms with E-state index in [4.69, 9.17) is 9.47 Å². The summed E-state index contributed by atoms with van der Waals surface area (Å²) in [7, 11) is 1.65. The number of hydrogen-bond acceptors (Lipinski definition) is 6. The summed E-state index contributed by atoms with van der Waals surface area (Å²) in [5, 5.41) is 9.78. The van der Waals surface area contributed by atoms with Crippen molar-refractivity contribution in [3.05, 3.63) is 95.1 Å². The molecule has 1 saturated heterocycles. The molecule has 0 aliphatic carbocycles. The summed E-state index contributed by atoms with van der Waals surface area (Å²) in [6.45, 7) is 9.47. The summed E-state index contributed by atoms with van der Waals surface area (Å²) in [4.78, 5) is 22.0. The number of fused-ring (bicyclic) bond motifs is 2. The van der Waals surface area contributed by atoms with E-state index in [0.717, 1.165) is 46.1 Å². The van der Waals surface area contributed by atoms with Crippen LogP contribution < -0.4 is 9.47 Å². The number of ether oxygens (including phenoxy) is 2. The molecule has 3 aliphatic heterocycles. The number of methoxy groups -OCH3 is 1. The fourth-order valence-corrected chi connectivity index (χ4v) is 5.32. The van der Waals surface area contributed by atoms with Gasteiger partial charge in [-0.15, -0.1) is 0 Å². The normalized spacial score (nSPS) is 16.1. The molecule has 4 heterocycles. The first-order valence-corrected chi connectivity index (χ1v) is 14.0. The molecular weight excluding hydrogens is 514 g/mol. The fourth-order valence-electron chi connectivity index (χ4n) is 5.32. The molecule has 1 atom stereocenters. The third kappa shape index (κ3) is 5.96. The molecule has 7 rings (SSSR count). The maximum atomic E-state index is 13.3. The molecule has 8 nitrogen and oxygen atoms in total. The zero-order valence-corrected chi connectivity index (χ0v) is 24.1. The van der Waals surface area contributed by atoms with Gasteiger partial charge in [0.05, 0.1) is 24.9 Å². The minimum atomic E-state index is 0.0973. The third-order valence-electron chi connectivity index (χ3n) is 7.49. The van der Waals surface area contributed by atoms with Crippen LogP contribution >= 0.6 is 0 Å². The summed E-state index contributed by atoms with van der Waals surface area (Å²) < 4.78 is 13.8. The zero-order valence-electron chi connectivity index (χ0n) is 24.1. The molecule has 0 N–H and O–H groups in total. The summed E-state index contributed by atoms with van der Waals surface area (Å²) in [5.74, 6) is 2.91. The van der Waals surface area contributed by atoms with Gasteiger partial charge < -0.3 is 18.9 Å². The van der Waals surface area contributed by atoms with Gasteiger partial charge in [0, 0.05) is 38.9 Å². The largest absolute Gasteiger partial charge is 0.497 e. The Kier molecular flexibility index (Phi) is 8.37. The third-order valence-corrected chi connectivity index (χ3v) is 7.49. The van der Waals surface area contributed by atoms with Crippen molar-refractivity contribution < 1.29 is 14.3 Å². The molecule has 210 valence electrons. The Morgan fingerprint density at radius 1 is 0.951 bits per heavy atom. The molecule has 41 heavy (non-hydrogen) atoms. The Bertz CT molecular complexity index is 1590. The van der Waals surface area contributed by atoms with Crippen LogP contribution in [0.2, 0.25) is 0 Å². The van der Waals surface area contributed by atoms with Gasteiger partial charge in [0.2, 0.25) is 5.91 Å². The molecule has 1 amide bonds. The fraction of sp³-hybridized carbons (Fsp3) is 0.303. The van der Waals surface area contributed by atoms with Gasteiger partial charge in [0.15, 0.2) is 0 Å². The van der Waals surface area contributed by atoms with Crippen LogP contribution in [-0.2, 0) is 24.4 Å². The molecule has 8 heteroatoms. The van der Waals surface area contributed by atoms with Crippen molar-refractivity contribution in [3.8, 4) is 34.4 Å². The molecule has 3 aromatic carbocycles. The van der Waals surface area contributed by atoms with Crippen molar-refractivity contribution in [2.45, 2.75) is 40.4 Å². The van der Waals surface area contributed by atoms with Crippen molar-refractivity contribution in [2.24, 2.45) is 0 Å². The van der Waals surface area contributed by atoms with Crippen molar-refractivity contribution in [1.82, 2.24) is 19.4 Å². The average Bonchev–Trinajstić information content (AvgIpc) is 3.33. The van der Waals surface area contributed by atoms with Crippen molar-refractivity contribution >= 4 is 5.91 Å². The van der Waals surface area contributed by atoms with Crippen LogP contribution in [0.4, 0.5) is 0 Å². The molecule has 1 fully saturated rings. The van der Waals surface area contributed by atoms with E-state index in [1.807, 2.05) is 92.5 Å². The Morgan fingerprint density at radius 3 is 2.49 bits per heavy atom. The van der Waals surface area contributed by atoms with Crippen LogP contribution in [0.5, 0.6) is 17.2 Å². The van der Waals surface area contributed by atoms with Crippen molar-refractivity contribution in [2.75, 3.05) is 26.7 Å². The van der Waals surface area contributed by atoms with E-state index in [1.165, 1.54) is 0 Å². The molecule has 1 aromatic heterocycles.